The third-order valence-electron chi connectivity index (χ3n) is 6.25. The maximum Gasteiger partial charge on any atom is 0.325 e. The van der Waals surface area contributed by atoms with E-state index in [0.29, 0.717) is 36.6 Å². The van der Waals surface area contributed by atoms with Crippen molar-refractivity contribution in [2.24, 2.45) is 0 Å². The summed E-state index contributed by atoms with van der Waals surface area (Å²) < 4.78 is 11.4. The minimum atomic E-state index is -1.09. The van der Waals surface area contributed by atoms with Gasteiger partial charge in [0.15, 0.2) is 5.75 Å². The first-order valence-corrected chi connectivity index (χ1v) is 11.5. The average Bonchev–Trinajstić information content (AvgIpc) is 3.34. The van der Waals surface area contributed by atoms with Crippen molar-refractivity contribution in [2.75, 3.05) is 18.5 Å². The summed E-state index contributed by atoms with van der Waals surface area (Å²) >= 11 is 0. The van der Waals surface area contributed by atoms with E-state index in [-0.39, 0.29) is 0 Å². The Bertz CT molecular complexity index is 1290. The molecule has 1 atom stereocenters. The molecule has 5 rings (SSSR count). The van der Waals surface area contributed by atoms with E-state index in [1.165, 1.54) is 0 Å². The van der Waals surface area contributed by atoms with Crippen molar-refractivity contribution in [3.63, 3.8) is 0 Å². The molecule has 1 aliphatic carbocycles. The molecule has 1 spiro atoms. The Morgan fingerprint density at radius 2 is 1.71 bits per heavy atom. The standard InChI is InChI=1S/C27H25N3O5/c1-2-34-19-11-13-20(14-12-19)35-23-10-6-5-9-22(23)28-24(31)17-30-25(32)27(29-26(30)33)16-15-18-7-3-4-8-21(18)27/h3-14H,2,15-17H2,1H3,(H,28,31)(H,29,33). The molecule has 0 aromatic heterocycles. The Morgan fingerprint density at radius 3 is 2.51 bits per heavy atom. The van der Waals surface area contributed by atoms with E-state index in [9.17, 15) is 14.4 Å². The van der Waals surface area contributed by atoms with Gasteiger partial charge in [0.1, 0.15) is 23.6 Å². The Labute approximate surface area is 202 Å². The fraction of sp³-hybridized carbons (Fsp3) is 0.222. The maximum atomic E-state index is 13.3. The number of para-hydroxylation sites is 2. The van der Waals surface area contributed by atoms with Gasteiger partial charge in [-0.2, -0.15) is 0 Å². The number of hydrogen-bond acceptors (Lipinski definition) is 5. The monoisotopic (exact) mass is 471 g/mol. The van der Waals surface area contributed by atoms with Crippen LogP contribution in [0.2, 0.25) is 0 Å². The second-order valence-corrected chi connectivity index (χ2v) is 8.43. The Hall–Kier alpha value is -4.33. The van der Waals surface area contributed by atoms with Crippen LogP contribution in [0, 0.1) is 0 Å². The van der Waals surface area contributed by atoms with Crippen LogP contribution in [-0.4, -0.2) is 35.9 Å². The van der Waals surface area contributed by atoms with E-state index in [2.05, 4.69) is 10.6 Å². The summed E-state index contributed by atoms with van der Waals surface area (Å²) in [5.74, 6) is 0.841. The molecular weight excluding hydrogens is 446 g/mol. The lowest BCUT2D eigenvalue weighted by Crippen LogP contribution is -2.43. The van der Waals surface area contributed by atoms with Crippen molar-refractivity contribution in [1.82, 2.24) is 10.2 Å². The summed E-state index contributed by atoms with van der Waals surface area (Å²) in [5.41, 5.74) is 1.17. The number of aryl methyl sites for hydroxylation is 1. The van der Waals surface area contributed by atoms with Crippen LogP contribution in [0.1, 0.15) is 24.5 Å². The molecule has 1 saturated heterocycles. The molecule has 2 aliphatic rings. The van der Waals surface area contributed by atoms with Crippen LogP contribution in [0.25, 0.3) is 0 Å². The van der Waals surface area contributed by atoms with Gasteiger partial charge in [0.05, 0.1) is 12.3 Å². The van der Waals surface area contributed by atoms with Gasteiger partial charge < -0.3 is 20.1 Å². The minimum Gasteiger partial charge on any atom is -0.494 e. The van der Waals surface area contributed by atoms with E-state index in [1.54, 1.807) is 48.5 Å². The summed E-state index contributed by atoms with van der Waals surface area (Å²) in [6.07, 6.45) is 1.17. The van der Waals surface area contributed by atoms with Gasteiger partial charge in [-0.15, -0.1) is 0 Å². The van der Waals surface area contributed by atoms with Crippen molar-refractivity contribution in [3.05, 3.63) is 83.9 Å². The molecule has 1 unspecified atom stereocenters. The zero-order chi connectivity index (χ0) is 24.4. The Morgan fingerprint density at radius 1 is 1.00 bits per heavy atom. The SMILES string of the molecule is CCOc1ccc(Oc2ccccc2NC(=O)CN2C(=O)NC3(CCc4ccccc43)C2=O)cc1. The van der Waals surface area contributed by atoms with E-state index >= 15 is 0 Å². The van der Waals surface area contributed by atoms with Crippen molar-refractivity contribution in [3.8, 4) is 17.2 Å². The number of carbonyl (C=O) groups is 3. The first kappa shape index (κ1) is 22.5. The number of amides is 4. The zero-order valence-corrected chi connectivity index (χ0v) is 19.2. The predicted molar refractivity (Wildman–Crippen MR) is 129 cm³/mol. The van der Waals surface area contributed by atoms with E-state index in [4.69, 9.17) is 9.47 Å². The van der Waals surface area contributed by atoms with Crippen molar-refractivity contribution < 1.29 is 23.9 Å². The lowest BCUT2D eigenvalue weighted by molar-refractivity contribution is -0.134. The quantitative estimate of drug-likeness (QED) is 0.503. The van der Waals surface area contributed by atoms with Crippen LogP contribution >= 0.6 is 0 Å². The van der Waals surface area contributed by atoms with E-state index in [0.717, 1.165) is 21.8 Å². The number of benzene rings is 3. The van der Waals surface area contributed by atoms with Crippen LogP contribution in [0.4, 0.5) is 10.5 Å². The first-order valence-electron chi connectivity index (χ1n) is 11.5. The molecule has 2 N–H and O–H groups in total. The summed E-state index contributed by atoms with van der Waals surface area (Å²) in [6, 6.07) is 21.1. The molecule has 1 heterocycles. The highest BCUT2D eigenvalue weighted by Crippen LogP contribution is 2.41. The van der Waals surface area contributed by atoms with Crippen molar-refractivity contribution >= 4 is 23.5 Å². The van der Waals surface area contributed by atoms with Crippen LogP contribution < -0.4 is 20.1 Å². The van der Waals surface area contributed by atoms with Gasteiger partial charge in [-0.3, -0.25) is 14.5 Å². The topological polar surface area (TPSA) is 97.0 Å². The van der Waals surface area contributed by atoms with Crippen LogP contribution in [0.3, 0.4) is 0 Å². The van der Waals surface area contributed by atoms with Crippen LogP contribution in [0.15, 0.2) is 72.8 Å². The highest BCUT2D eigenvalue weighted by atomic mass is 16.5. The summed E-state index contributed by atoms with van der Waals surface area (Å²) in [4.78, 5) is 39.9. The number of ether oxygens (including phenoxy) is 2. The van der Waals surface area contributed by atoms with Gasteiger partial charge in [-0.05, 0) is 67.3 Å². The largest absolute Gasteiger partial charge is 0.494 e. The molecule has 3 aromatic carbocycles. The zero-order valence-electron chi connectivity index (χ0n) is 19.2. The second-order valence-electron chi connectivity index (χ2n) is 8.43. The number of nitrogens with zero attached hydrogens (tertiary/aromatic N) is 1. The van der Waals surface area contributed by atoms with Crippen LogP contribution in [0.5, 0.6) is 17.2 Å². The van der Waals surface area contributed by atoms with E-state index < -0.39 is 29.9 Å². The fourth-order valence-corrected chi connectivity index (χ4v) is 4.62. The number of hydrogen-bond donors (Lipinski definition) is 2. The number of urea groups is 1. The summed E-state index contributed by atoms with van der Waals surface area (Å²) in [5, 5.41) is 5.60. The normalized spacial score (nSPS) is 18.4. The van der Waals surface area contributed by atoms with Gasteiger partial charge in [0.25, 0.3) is 5.91 Å². The number of nitrogens with one attached hydrogen (secondary N) is 2. The van der Waals surface area contributed by atoms with Gasteiger partial charge in [0.2, 0.25) is 5.91 Å². The third kappa shape index (κ3) is 4.19. The van der Waals surface area contributed by atoms with Gasteiger partial charge in [0, 0.05) is 0 Å². The molecule has 0 radical (unpaired) electrons. The Kier molecular flexibility index (Phi) is 5.86. The number of fused-ring (bicyclic) bond motifs is 2. The molecule has 3 aromatic rings. The Balaban J connectivity index is 1.28. The lowest BCUT2D eigenvalue weighted by Gasteiger charge is -2.22. The fourth-order valence-electron chi connectivity index (χ4n) is 4.62. The molecule has 8 nitrogen and oxygen atoms in total. The molecule has 1 aliphatic heterocycles. The minimum absolute atomic E-state index is 0.397. The molecule has 4 amide bonds. The average molecular weight is 472 g/mol. The summed E-state index contributed by atoms with van der Waals surface area (Å²) in [7, 11) is 0. The number of carbonyl (C=O) groups excluding carboxylic acids is 3. The second kappa shape index (κ2) is 9.13. The number of imide groups is 1. The molecule has 178 valence electrons. The highest BCUT2D eigenvalue weighted by molar-refractivity contribution is 6.11. The van der Waals surface area contributed by atoms with Gasteiger partial charge in [-0.1, -0.05) is 36.4 Å². The molecule has 8 heteroatoms. The lowest BCUT2D eigenvalue weighted by atomic mass is 9.92. The van der Waals surface area contributed by atoms with Crippen molar-refractivity contribution in [2.45, 2.75) is 25.3 Å². The first-order chi connectivity index (χ1) is 17.0. The highest BCUT2D eigenvalue weighted by Gasteiger charge is 2.55. The molecule has 35 heavy (non-hydrogen) atoms. The van der Waals surface area contributed by atoms with Crippen LogP contribution in [-0.2, 0) is 21.5 Å². The number of rotatable bonds is 7. The summed E-state index contributed by atoms with van der Waals surface area (Å²) in [6.45, 7) is 2.08. The molecular formula is C27H25N3O5. The molecule has 1 fully saturated rings. The third-order valence-corrected chi connectivity index (χ3v) is 6.25. The van der Waals surface area contributed by atoms with Gasteiger partial charge >= 0.3 is 6.03 Å². The van der Waals surface area contributed by atoms with Gasteiger partial charge in [-0.25, -0.2) is 4.79 Å². The smallest absolute Gasteiger partial charge is 0.325 e. The molecule has 0 bridgehead atoms. The molecule has 0 saturated carbocycles. The number of anilines is 1. The predicted octanol–water partition coefficient (Wildman–Crippen LogP) is 4.21. The van der Waals surface area contributed by atoms with E-state index in [1.807, 2.05) is 31.2 Å². The van der Waals surface area contributed by atoms with Crippen molar-refractivity contribution in [1.29, 1.82) is 0 Å². The maximum absolute atomic E-state index is 13.3.